The van der Waals surface area contributed by atoms with Gasteiger partial charge in [0.25, 0.3) is 0 Å². The average Bonchev–Trinajstić information content (AvgIpc) is 2.28. The SMILES string of the molecule is OCC1CCCC(c2cc(F)cc(F)c2)N1. The van der Waals surface area contributed by atoms with Gasteiger partial charge in [0, 0.05) is 18.2 Å². The molecule has 0 aliphatic carbocycles. The van der Waals surface area contributed by atoms with Gasteiger partial charge in [0.2, 0.25) is 0 Å². The third kappa shape index (κ3) is 2.57. The highest BCUT2D eigenvalue weighted by atomic mass is 19.1. The van der Waals surface area contributed by atoms with E-state index in [0.717, 1.165) is 25.3 Å². The third-order valence-corrected chi connectivity index (χ3v) is 2.99. The number of benzene rings is 1. The molecule has 16 heavy (non-hydrogen) atoms. The molecular formula is C12H15F2NO. The Kier molecular flexibility index (Phi) is 3.51. The van der Waals surface area contributed by atoms with Crippen molar-refractivity contribution in [2.75, 3.05) is 6.61 Å². The van der Waals surface area contributed by atoms with Crippen molar-refractivity contribution in [1.82, 2.24) is 5.32 Å². The normalized spacial score (nSPS) is 25.7. The number of rotatable bonds is 2. The van der Waals surface area contributed by atoms with Gasteiger partial charge in [-0.25, -0.2) is 8.78 Å². The number of aliphatic hydroxyl groups is 1. The largest absolute Gasteiger partial charge is 0.395 e. The first-order chi connectivity index (χ1) is 7.69. The molecule has 1 aliphatic heterocycles. The summed E-state index contributed by atoms with van der Waals surface area (Å²) in [6.45, 7) is 0.0638. The number of piperidine rings is 1. The minimum Gasteiger partial charge on any atom is -0.395 e. The lowest BCUT2D eigenvalue weighted by atomic mass is 9.93. The van der Waals surface area contributed by atoms with Gasteiger partial charge in [-0.3, -0.25) is 0 Å². The number of nitrogens with one attached hydrogen (secondary N) is 1. The summed E-state index contributed by atoms with van der Waals surface area (Å²) in [6.07, 6.45) is 2.71. The molecule has 0 bridgehead atoms. The maximum Gasteiger partial charge on any atom is 0.126 e. The predicted molar refractivity (Wildman–Crippen MR) is 57.0 cm³/mol. The molecule has 2 nitrogen and oxygen atoms in total. The van der Waals surface area contributed by atoms with Crippen molar-refractivity contribution in [3.05, 3.63) is 35.4 Å². The third-order valence-electron chi connectivity index (χ3n) is 2.99. The summed E-state index contributed by atoms with van der Waals surface area (Å²) in [4.78, 5) is 0. The van der Waals surface area contributed by atoms with E-state index < -0.39 is 11.6 Å². The first-order valence-electron chi connectivity index (χ1n) is 5.52. The summed E-state index contributed by atoms with van der Waals surface area (Å²) >= 11 is 0. The molecule has 0 spiro atoms. The molecule has 1 aliphatic rings. The molecule has 2 unspecified atom stereocenters. The maximum absolute atomic E-state index is 13.0. The minimum absolute atomic E-state index is 0.0325. The number of aliphatic hydroxyl groups excluding tert-OH is 1. The molecule has 4 heteroatoms. The average molecular weight is 227 g/mol. The zero-order chi connectivity index (χ0) is 11.5. The molecule has 88 valence electrons. The van der Waals surface area contributed by atoms with Crippen LogP contribution in [0.15, 0.2) is 18.2 Å². The topological polar surface area (TPSA) is 32.3 Å². The van der Waals surface area contributed by atoms with Crippen LogP contribution in [0, 0.1) is 11.6 Å². The molecular weight excluding hydrogens is 212 g/mol. The Morgan fingerprint density at radius 3 is 2.50 bits per heavy atom. The first kappa shape index (κ1) is 11.5. The van der Waals surface area contributed by atoms with E-state index in [2.05, 4.69) is 5.32 Å². The molecule has 2 N–H and O–H groups in total. The number of halogens is 2. The van der Waals surface area contributed by atoms with Crippen LogP contribution in [0.1, 0.15) is 30.9 Å². The van der Waals surface area contributed by atoms with Crippen molar-refractivity contribution in [3.8, 4) is 0 Å². The van der Waals surface area contributed by atoms with Gasteiger partial charge in [-0.05, 0) is 37.0 Å². The quantitative estimate of drug-likeness (QED) is 0.811. The maximum atomic E-state index is 13.0. The van der Waals surface area contributed by atoms with E-state index in [-0.39, 0.29) is 18.7 Å². The number of hydrogen-bond acceptors (Lipinski definition) is 2. The van der Waals surface area contributed by atoms with Crippen LogP contribution in [-0.4, -0.2) is 17.8 Å². The molecule has 1 saturated heterocycles. The second-order valence-corrected chi connectivity index (χ2v) is 4.23. The molecule has 0 amide bonds. The number of hydrogen-bond donors (Lipinski definition) is 2. The molecule has 1 aromatic rings. The van der Waals surface area contributed by atoms with Crippen molar-refractivity contribution in [2.45, 2.75) is 31.3 Å². The lowest BCUT2D eigenvalue weighted by molar-refractivity contribution is 0.198. The van der Waals surface area contributed by atoms with Crippen LogP contribution < -0.4 is 5.32 Å². The van der Waals surface area contributed by atoms with E-state index in [0.29, 0.717) is 5.56 Å². The van der Waals surface area contributed by atoms with Crippen LogP contribution >= 0.6 is 0 Å². The molecule has 0 saturated carbocycles. The molecule has 1 aromatic carbocycles. The van der Waals surface area contributed by atoms with E-state index >= 15 is 0 Å². The van der Waals surface area contributed by atoms with Gasteiger partial charge in [-0.1, -0.05) is 0 Å². The van der Waals surface area contributed by atoms with Gasteiger partial charge in [-0.2, -0.15) is 0 Å². The van der Waals surface area contributed by atoms with Gasteiger partial charge in [0.05, 0.1) is 6.61 Å². The van der Waals surface area contributed by atoms with Crippen molar-refractivity contribution in [2.24, 2.45) is 0 Å². The lowest BCUT2D eigenvalue weighted by Crippen LogP contribution is -2.39. The minimum atomic E-state index is -0.553. The van der Waals surface area contributed by atoms with Crippen molar-refractivity contribution >= 4 is 0 Å². The Labute approximate surface area is 93.3 Å². The lowest BCUT2D eigenvalue weighted by Gasteiger charge is -2.30. The summed E-state index contributed by atoms with van der Waals surface area (Å²) in [5.74, 6) is -1.11. The van der Waals surface area contributed by atoms with Crippen LogP contribution in [0.5, 0.6) is 0 Å². The Bertz CT molecular complexity index is 350. The Balaban J connectivity index is 2.16. The van der Waals surface area contributed by atoms with E-state index in [9.17, 15) is 8.78 Å². The summed E-state index contributed by atoms with van der Waals surface area (Å²) in [5, 5.41) is 12.2. The molecule has 0 radical (unpaired) electrons. The van der Waals surface area contributed by atoms with E-state index in [4.69, 9.17) is 5.11 Å². The van der Waals surface area contributed by atoms with Crippen LogP contribution in [0.3, 0.4) is 0 Å². The van der Waals surface area contributed by atoms with Crippen molar-refractivity contribution < 1.29 is 13.9 Å². The van der Waals surface area contributed by atoms with E-state index in [1.807, 2.05) is 0 Å². The molecule has 1 heterocycles. The van der Waals surface area contributed by atoms with E-state index in [1.54, 1.807) is 0 Å². The van der Waals surface area contributed by atoms with Crippen LogP contribution in [0.4, 0.5) is 8.78 Å². The van der Waals surface area contributed by atoms with E-state index in [1.165, 1.54) is 12.1 Å². The molecule has 0 aromatic heterocycles. The van der Waals surface area contributed by atoms with Crippen molar-refractivity contribution in [1.29, 1.82) is 0 Å². The summed E-state index contributed by atoms with van der Waals surface area (Å²) in [6, 6.07) is 3.54. The fraction of sp³-hybridized carbons (Fsp3) is 0.500. The molecule has 2 atom stereocenters. The summed E-state index contributed by atoms with van der Waals surface area (Å²) < 4.78 is 26.1. The predicted octanol–water partition coefficient (Wildman–Crippen LogP) is 2.14. The summed E-state index contributed by atoms with van der Waals surface area (Å²) in [5.41, 5.74) is 0.621. The molecule has 2 rings (SSSR count). The zero-order valence-electron chi connectivity index (χ0n) is 8.92. The fourth-order valence-electron chi connectivity index (χ4n) is 2.20. The van der Waals surface area contributed by atoms with Crippen LogP contribution in [-0.2, 0) is 0 Å². The Hall–Kier alpha value is -1.00. The van der Waals surface area contributed by atoms with Gasteiger partial charge in [-0.15, -0.1) is 0 Å². The summed E-state index contributed by atoms with van der Waals surface area (Å²) in [7, 11) is 0. The fourth-order valence-corrected chi connectivity index (χ4v) is 2.20. The van der Waals surface area contributed by atoms with Gasteiger partial charge in [0.15, 0.2) is 0 Å². The van der Waals surface area contributed by atoms with Gasteiger partial charge in [0.1, 0.15) is 11.6 Å². The standard InChI is InChI=1S/C12H15F2NO/c13-9-4-8(5-10(14)6-9)12-3-1-2-11(7-16)15-12/h4-6,11-12,15-16H,1-3,7H2. The van der Waals surface area contributed by atoms with Crippen LogP contribution in [0.2, 0.25) is 0 Å². The Morgan fingerprint density at radius 2 is 1.88 bits per heavy atom. The first-order valence-corrected chi connectivity index (χ1v) is 5.52. The second kappa shape index (κ2) is 4.89. The smallest absolute Gasteiger partial charge is 0.126 e. The highest BCUT2D eigenvalue weighted by Gasteiger charge is 2.22. The van der Waals surface area contributed by atoms with Crippen molar-refractivity contribution in [3.63, 3.8) is 0 Å². The van der Waals surface area contributed by atoms with Gasteiger partial charge >= 0.3 is 0 Å². The zero-order valence-corrected chi connectivity index (χ0v) is 8.92. The monoisotopic (exact) mass is 227 g/mol. The highest BCUT2D eigenvalue weighted by molar-refractivity contribution is 5.22. The second-order valence-electron chi connectivity index (χ2n) is 4.23. The Morgan fingerprint density at radius 1 is 1.19 bits per heavy atom. The molecule has 1 fully saturated rings. The van der Waals surface area contributed by atoms with Gasteiger partial charge < -0.3 is 10.4 Å². The highest BCUT2D eigenvalue weighted by Crippen LogP contribution is 2.26. The van der Waals surface area contributed by atoms with Crippen LogP contribution in [0.25, 0.3) is 0 Å².